The summed E-state index contributed by atoms with van der Waals surface area (Å²) in [6.45, 7) is 3.45. The number of rotatable bonds is 5. The lowest BCUT2D eigenvalue weighted by molar-refractivity contribution is -0.123. The van der Waals surface area contributed by atoms with Gasteiger partial charge in [0, 0.05) is 5.69 Å². The normalized spacial score (nSPS) is 25.3. The third-order valence-corrected chi connectivity index (χ3v) is 7.50. The Morgan fingerprint density at radius 2 is 1.61 bits per heavy atom. The van der Waals surface area contributed by atoms with Gasteiger partial charge in [-0.15, -0.1) is 0 Å². The minimum Gasteiger partial charge on any atom is -0.452 e. The average Bonchev–Trinajstić information content (AvgIpc) is 3.49. The van der Waals surface area contributed by atoms with Crippen LogP contribution in [0.5, 0.6) is 0 Å². The molecule has 3 amide bonds. The molecule has 1 heterocycles. The van der Waals surface area contributed by atoms with Gasteiger partial charge >= 0.3 is 5.97 Å². The topological polar surface area (TPSA) is 92.8 Å². The molecule has 7 nitrogen and oxygen atoms in total. The molecule has 5 rings (SSSR count). The molecule has 1 N–H and O–H groups in total. The van der Waals surface area contributed by atoms with E-state index >= 15 is 0 Å². The average molecular weight is 447 g/mol. The van der Waals surface area contributed by atoms with Gasteiger partial charge in [0.05, 0.1) is 23.1 Å². The van der Waals surface area contributed by atoms with Crippen molar-refractivity contribution in [2.24, 2.45) is 23.7 Å². The van der Waals surface area contributed by atoms with Crippen LogP contribution in [0.15, 0.2) is 42.5 Å². The molecule has 2 saturated carbocycles. The highest BCUT2D eigenvalue weighted by molar-refractivity contribution is 6.22. The van der Waals surface area contributed by atoms with Gasteiger partial charge in [0.25, 0.3) is 5.91 Å². The molecule has 4 atom stereocenters. The van der Waals surface area contributed by atoms with E-state index in [2.05, 4.69) is 5.32 Å². The standard InChI is InChI=1S/C26H26N2O5/c1-14-4-3-5-20(15(14)2)27-21(29)13-33-26(32)16-8-10-19(11-9-16)28-24(30)22-17-6-7-18(12-17)23(22)25(28)31/h3-5,8-11,17-18,22-23H,6-7,12-13H2,1-2H3,(H,27,29)/t17-,18-,22+,23+/m0/s1. The second-order valence-corrected chi connectivity index (χ2v) is 9.32. The van der Waals surface area contributed by atoms with Crippen LogP contribution in [0.1, 0.15) is 40.7 Å². The lowest BCUT2D eigenvalue weighted by atomic mass is 9.81. The summed E-state index contributed by atoms with van der Waals surface area (Å²) in [5.74, 6) is -1.02. The van der Waals surface area contributed by atoms with Crippen molar-refractivity contribution in [3.05, 3.63) is 59.2 Å². The van der Waals surface area contributed by atoms with Crippen LogP contribution in [0.25, 0.3) is 0 Å². The summed E-state index contributed by atoms with van der Waals surface area (Å²) in [4.78, 5) is 51.8. The molecule has 33 heavy (non-hydrogen) atoms. The van der Waals surface area contributed by atoms with E-state index in [0.717, 1.165) is 30.4 Å². The monoisotopic (exact) mass is 446 g/mol. The summed E-state index contributed by atoms with van der Waals surface area (Å²) in [6.07, 6.45) is 3.05. The number of hydrogen-bond acceptors (Lipinski definition) is 5. The molecular weight excluding hydrogens is 420 g/mol. The first kappa shape index (κ1) is 21.4. The Hall–Kier alpha value is -3.48. The molecule has 1 aliphatic heterocycles. The predicted octanol–water partition coefficient (Wildman–Crippen LogP) is 3.63. The quantitative estimate of drug-likeness (QED) is 0.559. The fourth-order valence-corrected chi connectivity index (χ4v) is 5.70. The van der Waals surface area contributed by atoms with Crippen molar-refractivity contribution < 1.29 is 23.9 Å². The van der Waals surface area contributed by atoms with Crippen LogP contribution < -0.4 is 10.2 Å². The van der Waals surface area contributed by atoms with Crippen LogP contribution in [0.2, 0.25) is 0 Å². The maximum absolute atomic E-state index is 12.9. The van der Waals surface area contributed by atoms with Gasteiger partial charge in [-0.3, -0.25) is 19.3 Å². The van der Waals surface area contributed by atoms with Gasteiger partial charge in [-0.25, -0.2) is 4.79 Å². The minimum atomic E-state index is -0.647. The summed E-state index contributed by atoms with van der Waals surface area (Å²) in [7, 11) is 0. The number of esters is 1. The molecule has 3 fully saturated rings. The number of carbonyl (C=O) groups is 4. The van der Waals surface area contributed by atoms with Crippen molar-refractivity contribution in [2.45, 2.75) is 33.1 Å². The molecule has 170 valence electrons. The Morgan fingerprint density at radius 3 is 2.24 bits per heavy atom. The first-order valence-electron chi connectivity index (χ1n) is 11.4. The highest BCUT2D eigenvalue weighted by Crippen LogP contribution is 2.56. The number of fused-ring (bicyclic) bond motifs is 5. The number of carbonyl (C=O) groups excluding carboxylic acids is 4. The third-order valence-electron chi connectivity index (χ3n) is 7.50. The lowest BCUT2D eigenvalue weighted by Gasteiger charge is -2.19. The highest BCUT2D eigenvalue weighted by atomic mass is 16.5. The summed E-state index contributed by atoms with van der Waals surface area (Å²) >= 11 is 0. The lowest BCUT2D eigenvalue weighted by Crippen LogP contribution is -2.32. The number of nitrogens with one attached hydrogen (secondary N) is 1. The number of aryl methyl sites for hydroxylation is 1. The van der Waals surface area contributed by atoms with Gasteiger partial charge in [-0.2, -0.15) is 0 Å². The smallest absolute Gasteiger partial charge is 0.338 e. The Morgan fingerprint density at radius 1 is 0.970 bits per heavy atom. The number of amides is 3. The molecule has 0 radical (unpaired) electrons. The van der Waals surface area contributed by atoms with Crippen LogP contribution in [0, 0.1) is 37.5 Å². The van der Waals surface area contributed by atoms with Crippen LogP contribution in [0.4, 0.5) is 11.4 Å². The molecule has 2 bridgehead atoms. The van der Waals surface area contributed by atoms with E-state index < -0.39 is 18.5 Å². The molecule has 2 aromatic rings. The molecule has 0 spiro atoms. The highest BCUT2D eigenvalue weighted by Gasteiger charge is 2.61. The molecule has 0 unspecified atom stereocenters. The van der Waals surface area contributed by atoms with E-state index in [1.165, 1.54) is 17.0 Å². The van der Waals surface area contributed by atoms with Gasteiger partial charge in [0.2, 0.25) is 11.8 Å². The molecule has 1 saturated heterocycles. The van der Waals surface area contributed by atoms with E-state index in [9.17, 15) is 19.2 Å². The van der Waals surface area contributed by atoms with Gasteiger partial charge in [0.15, 0.2) is 6.61 Å². The van der Waals surface area contributed by atoms with Gasteiger partial charge < -0.3 is 10.1 Å². The number of imide groups is 1. The summed E-state index contributed by atoms with van der Waals surface area (Å²) < 4.78 is 5.14. The second kappa shape index (κ2) is 8.14. The van der Waals surface area contributed by atoms with Crippen molar-refractivity contribution in [1.29, 1.82) is 0 Å². The minimum absolute atomic E-state index is 0.115. The zero-order chi connectivity index (χ0) is 23.3. The first-order chi connectivity index (χ1) is 15.8. The zero-order valence-corrected chi connectivity index (χ0v) is 18.7. The van der Waals surface area contributed by atoms with Crippen molar-refractivity contribution >= 4 is 35.1 Å². The molecule has 7 heteroatoms. The van der Waals surface area contributed by atoms with Crippen molar-refractivity contribution in [3.63, 3.8) is 0 Å². The fraction of sp³-hybridized carbons (Fsp3) is 0.385. The molecular formula is C26H26N2O5. The SMILES string of the molecule is Cc1cccc(NC(=O)COC(=O)c2ccc(N3C(=O)[C@@H]4[C@H]5CC[C@@H](C5)[C@H]4C3=O)cc2)c1C. The van der Waals surface area contributed by atoms with Crippen molar-refractivity contribution in [2.75, 3.05) is 16.8 Å². The molecule has 3 aliphatic rings. The third kappa shape index (κ3) is 3.61. The number of nitrogens with zero attached hydrogens (tertiary/aromatic N) is 1. The number of benzene rings is 2. The fourth-order valence-electron chi connectivity index (χ4n) is 5.70. The van der Waals surface area contributed by atoms with Crippen molar-refractivity contribution in [1.82, 2.24) is 0 Å². The van der Waals surface area contributed by atoms with E-state index in [1.54, 1.807) is 18.2 Å². The second-order valence-electron chi connectivity index (χ2n) is 9.32. The maximum atomic E-state index is 12.9. The predicted molar refractivity (Wildman–Crippen MR) is 122 cm³/mol. The van der Waals surface area contributed by atoms with E-state index in [1.807, 2.05) is 26.0 Å². The summed E-state index contributed by atoms with van der Waals surface area (Å²) in [6, 6.07) is 11.8. The van der Waals surface area contributed by atoms with Gasteiger partial charge in [0.1, 0.15) is 0 Å². The number of ether oxygens (including phenoxy) is 1. The van der Waals surface area contributed by atoms with Crippen LogP contribution in [0.3, 0.4) is 0 Å². The van der Waals surface area contributed by atoms with Crippen LogP contribution in [-0.2, 0) is 19.1 Å². The van der Waals surface area contributed by atoms with E-state index in [4.69, 9.17) is 4.74 Å². The number of anilines is 2. The van der Waals surface area contributed by atoms with E-state index in [0.29, 0.717) is 23.2 Å². The summed E-state index contributed by atoms with van der Waals surface area (Å²) in [5, 5.41) is 2.75. The number of hydrogen-bond donors (Lipinski definition) is 1. The molecule has 2 aliphatic carbocycles. The Balaban J connectivity index is 1.20. The summed E-state index contributed by atoms with van der Waals surface area (Å²) in [5.41, 5.74) is 3.41. The Bertz CT molecular complexity index is 1130. The maximum Gasteiger partial charge on any atom is 0.338 e. The molecule has 0 aromatic heterocycles. The Labute approximate surface area is 192 Å². The zero-order valence-electron chi connectivity index (χ0n) is 18.7. The first-order valence-corrected chi connectivity index (χ1v) is 11.4. The Kier molecular flexibility index (Phi) is 5.27. The van der Waals surface area contributed by atoms with Crippen molar-refractivity contribution in [3.8, 4) is 0 Å². The van der Waals surface area contributed by atoms with Gasteiger partial charge in [-0.05, 0) is 86.4 Å². The van der Waals surface area contributed by atoms with Crippen LogP contribution >= 0.6 is 0 Å². The largest absolute Gasteiger partial charge is 0.452 e. The van der Waals surface area contributed by atoms with Gasteiger partial charge in [-0.1, -0.05) is 12.1 Å². The van der Waals surface area contributed by atoms with E-state index in [-0.39, 0.29) is 29.2 Å². The molecule has 2 aromatic carbocycles. The van der Waals surface area contributed by atoms with Crippen LogP contribution in [-0.4, -0.2) is 30.3 Å².